The average molecular weight is 498 g/mol. The molecule has 2 saturated heterocycles. The van der Waals surface area contributed by atoms with E-state index >= 15 is 0 Å². The van der Waals surface area contributed by atoms with Gasteiger partial charge in [0.1, 0.15) is 5.75 Å². The Bertz CT molecular complexity index is 1120. The predicted molar refractivity (Wildman–Crippen MR) is 120 cm³/mol. The van der Waals surface area contributed by atoms with Gasteiger partial charge in [-0.2, -0.15) is 13.1 Å². The molecule has 0 bridgehead atoms. The van der Waals surface area contributed by atoms with Gasteiger partial charge in [0.25, 0.3) is 5.91 Å². The van der Waals surface area contributed by atoms with E-state index in [1.54, 1.807) is 6.07 Å². The maximum absolute atomic E-state index is 13.2. The highest BCUT2D eigenvalue weighted by atomic mass is 32.2. The highest BCUT2D eigenvalue weighted by molar-refractivity contribution is 7.89. The number of hydrogen-bond acceptors (Lipinski definition) is 7. The molecule has 4 rings (SSSR count). The van der Waals surface area contributed by atoms with Crippen molar-refractivity contribution in [3.8, 4) is 5.75 Å². The lowest BCUT2D eigenvalue weighted by Gasteiger charge is -2.31. The van der Waals surface area contributed by atoms with Crippen LogP contribution in [0.4, 0.5) is 20.2 Å². The summed E-state index contributed by atoms with van der Waals surface area (Å²) in [6.07, 6.45) is 0. The van der Waals surface area contributed by atoms with Gasteiger partial charge in [-0.25, -0.2) is 8.42 Å². The van der Waals surface area contributed by atoms with Crippen LogP contribution in [0.1, 0.15) is 10.4 Å². The maximum atomic E-state index is 13.2. The molecule has 2 heterocycles. The first-order valence-electron chi connectivity index (χ1n) is 10.8. The number of para-hydroxylation sites is 1. The van der Waals surface area contributed by atoms with Gasteiger partial charge in [-0.05, 0) is 30.3 Å². The van der Waals surface area contributed by atoms with Crippen molar-refractivity contribution in [2.75, 3.05) is 62.8 Å². The van der Waals surface area contributed by atoms with E-state index in [2.05, 4.69) is 10.1 Å². The average Bonchev–Trinajstić information content (AvgIpc) is 2.85. The largest absolute Gasteiger partial charge is 0.434 e. The third kappa shape index (κ3) is 5.46. The molecule has 0 saturated carbocycles. The number of carbonyl (C=O) groups is 1. The van der Waals surface area contributed by atoms with Crippen molar-refractivity contribution in [1.82, 2.24) is 4.31 Å². The SMILES string of the molecule is O=C(Nc1cc(S(=O)(=O)N2CCOCC2)ccc1N1CCOCC1)c1ccccc1OC(F)F. The van der Waals surface area contributed by atoms with Crippen LogP contribution in [0.3, 0.4) is 0 Å². The van der Waals surface area contributed by atoms with Crippen LogP contribution in [0.15, 0.2) is 47.4 Å². The summed E-state index contributed by atoms with van der Waals surface area (Å²) in [5, 5.41) is 2.70. The van der Waals surface area contributed by atoms with Crippen LogP contribution in [-0.2, 0) is 19.5 Å². The van der Waals surface area contributed by atoms with Gasteiger partial charge in [0, 0.05) is 26.2 Å². The van der Waals surface area contributed by atoms with E-state index in [-0.39, 0.29) is 35.0 Å². The Morgan fingerprint density at radius 3 is 2.29 bits per heavy atom. The minimum absolute atomic E-state index is 0.0128. The number of ether oxygens (including phenoxy) is 3. The van der Waals surface area contributed by atoms with Crippen molar-refractivity contribution in [3.63, 3.8) is 0 Å². The number of morpholine rings is 2. The summed E-state index contributed by atoms with van der Waals surface area (Å²) in [6, 6.07) is 10.1. The summed E-state index contributed by atoms with van der Waals surface area (Å²) in [5.41, 5.74) is 0.745. The lowest BCUT2D eigenvalue weighted by Crippen LogP contribution is -2.40. The van der Waals surface area contributed by atoms with Gasteiger partial charge >= 0.3 is 6.61 Å². The number of anilines is 2. The number of nitrogens with one attached hydrogen (secondary N) is 1. The Balaban J connectivity index is 1.69. The minimum atomic E-state index is -3.82. The standard InChI is InChI=1S/C22H25F2N3O6S/c23-22(24)33-20-4-2-1-3-17(20)21(28)25-18-15-16(34(29,30)27-9-13-32-14-10-27)5-6-19(18)26-7-11-31-12-8-26/h1-6,15,22H,7-14H2,(H,25,28). The van der Waals surface area contributed by atoms with Gasteiger partial charge in [0.05, 0.1) is 48.3 Å². The first-order valence-corrected chi connectivity index (χ1v) is 12.2. The first kappa shape index (κ1) is 24.3. The lowest BCUT2D eigenvalue weighted by molar-refractivity contribution is -0.0501. The molecule has 0 unspecified atom stereocenters. The van der Waals surface area contributed by atoms with Gasteiger partial charge in [0.15, 0.2) is 0 Å². The highest BCUT2D eigenvalue weighted by Gasteiger charge is 2.28. The van der Waals surface area contributed by atoms with Gasteiger partial charge < -0.3 is 24.4 Å². The third-order valence-electron chi connectivity index (χ3n) is 5.52. The normalized spacial score (nSPS) is 17.6. The van der Waals surface area contributed by atoms with E-state index in [9.17, 15) is 22.0 Å². The number of alkyl halides is 2. The predicted octanol–water partition coefficient (Wildman–Crippen LogP) is 2.40. The molecule has 2 fully saturated rings. The molecule has 1 amide bonds. The molecule has 2 aliphatic rings. The minimum Gasteiger partial charge on any atom is -0.434 e. The Hall–Kier alpha value is -2.80. The van der Waals surface area contributed by atoms with Crippen molar-refractivity contribution < 1.29 is 36.2 Å². The summed E-state index contributed by atoms with van der Waals surface area (Å²) < 4.78 is 68.4. The second-order valence-electron chi connectivity index (χ2n) is 7.62. The Morgan fingerprint density at radius 2 is 1.62 bits per heavy atom. The fourth-order valence-electron chi connectivity index (χ4n) is 3.83. The van der Waals surface area contributed by atoms with Crippen molar-refractivity contribution in [2.24, 2.45) is 0 Å². The van der Waals surface area contributed by atoms with E-state index in [1.807, 2.05) is 4.90 Å². The lowest BCUT2D eigenvalue weighted by atomic mass is 10.1. The zero-order valence-electron chi connectivity index (χ0n) is 18.3. The van der Waals surface area contributed by atoms with Crippen LogP contribution in [0.5, 0.6) is 5.75 Å². The molecule has 0 spiro atoms. The fraction of sp³-hybridized carbons (Fsp3) is 0.409. The zero-order valence-corrected chi connectivity index (χ0v) is 19.1. The van der Waals surface area contributed by atoms with Crippen molar-refractivity contribution in [2.45, 2.75) is 11.5 Å². The third-order valence-corrected chi connectivity index (χ3v) is 7.42. The van der Waals surface area contributed by atoms with Crippen LogP contribution in [0.25, 0.3) is 0 Å². The van der Waals surface area contributed by atoms with Gasteiger partial charge in [0.2, 0.25) is 10.0 Å². The van der Waals surface area contributed by atoms with Gasteiger partial charge in [-0.15, -0.1) is 0 Å². The molecule has 0 radical (unpaired) electrons. The number of hydrogen-bond donors (Lipinski definition) is 1. The molecule has 2 aromatic rings. The first-order chi connectivity index (χ1) is 16.4. The van der Waals surface area contributed by atoms with Gasteiger partial charge in [-0.3, -0.25) is 4.79 Å². The molecule has 0 atom stereocenters. The van der Waals surface area contributed by atoms with Crippen LogP contribution in [0.2, 0.25) is 0 Å². The number of rotatable bonds is 7. The second-order valence-corrected chi connectivity index (χ2v) is 9.56. The summed E-state index contributed by atoms with van der Waals surface area (Å²) in [6.45, 7) is 0.0117. The fourth-order valence-corrected chi connectivity index (χ4v) is 5.27. The van der Waals surface area contributed by atoms with E-state index < -0.39 is 22.5 Å². The summed E-state index contributed by atoms with van der Waals surface area (Å²) in [7, 11) is -3.82. The van der Waals surface area contributed by atoms with Crippen molar-refractivity contribution >= 4 is 27.3 Å². The van der Waals surface area contributed by atoms with E-state index in [1.165, 1.54) is 40.7 Å². The number of sulfonamides is 1. The molecule has 12 heteroatoms. The monoisotopic (exact) mass is 497 g/mol. The number of benzene rings is 2. The molecule has 2 aromatic carbocycles. The number of nitrogens with zero attached hydrogens (tertiary/aromatic N) is 2. The number of amides is 1. The van der Waals surface area contributed by atoms with Crippen LogP contribution in [-0.4, -0.2) is 77.8 Å². The summed E-state index contributed by atoms with van der Waals surface area (Å²) in [4.78, 5) is 15.0. The topological polar surface area (TPSA) is 97.4 Å². The molecule has 184 valence electrons. The smallest absolute Gasteiger partial charge is 0.387 e. The van der Waals surface area contributed by atoms with E-state index in [0.29, 0.717) is 45.2 Å². The summed E-state index contributed by atoms with van der Waals surface area (Å²) >= 11 is 0. The molecule has 0 aliphatic carbocycles. The van der Waals surface area contributed by atoms with E-state index in [4.69, 9.17) is 9.47 Å². The van der Waals surface area contributed by atoms with E-state index in [0.717, 1.165) is 0 Å². The number of carbonyl (C=O) groups excluding carboxylic acids is 1. The van der Waals surface area contributed by atoms with Gasteiger partial charge in [-0.1, -0.05) is 12.1 Å². The Morgan fingerprint density at radius 1 is 0.971 bits per heavy atom. The maximum Gasteiger partial charge on any atom is 0.387 e. The van der Waals surface area contributed by atoms with Crippen LogP contribution in [0, 0.1) is 0 Å². The quantitative estimate of drug-likeness (QED) is 0.628. The van der Waals surface area contributed by atoms with Crippen molar-refractivity contribution in [3.05, 3.63) is 48.0 Å². The highest BCUT2D eigenvalue weighted by Crippen LogP contribution is 2.32. The Kier molecular flexibility index (Phi) is 7.61. The molecular weight excluding hydrogens is 472 g/mol. The summed E-state index contributed by atoms with van der Waals surface area (Å²) in [5.74, 6) is -0.980. The molecular formula is C22H25F2N3O6S. The zero-order chi connectivity index (χ0) is 24.1. The van der Waals surface area contributed by atoms with Crippen LogP contribution >= 0.6 is 0 Å². The number of halogens is 2. The molecule has 0 aromatic heterocycles. The molecule has 34 heavy (non-hydrogen) atoms. The van der Waals surface area contributed by atoms with Crippen LogP contribution < -0.4 is 15.0 Å². The second kappa shape index (κ2) is 10.6. The molecule has 9 nitrogen and oxygen atoms in total. The Labute approximate surface area is 196 Å². The van der Waals surface area contributed by atoms with Crippen molar-refractivity contribution in [1.29, 1.82) is 0 Å². The molecule has 1 N–H and O–H groups in total. The molecule has 2 aliphatic heterocycles.